The summed E-state index contributed by atoms with van der Waals surface area (Å²) in [6.45, 7) is 4.20. The lowest BCUT2D eigenvalue weighted by molar-refractivity contribution is 0.0937. The van der Waals surface area contributed by atoms with Gasteiger partial charge >= 0.3 is 0 Å². The highest BCUT2D eigenvalue weighted by atomic mass is 32.1. The van der Waals surface area contributed by atoms with Crippen molar-refractivity contribution in [2.24, 2.45) is 0 Å². The number of hydrogen-bond donors (Lipinski definition) is 1. The van der Waals surface area contributed by atoms with Gasteiger partial charge in [0.15, 0.2) is 10.8 Å². The summed E-state index contributed by atoms with van der Waals surface area (Å²) in [5, 5.41) is 3.68. The maximum absolute atomic E-state index is 12.5. The van der Waals surface area contributed by atoms with Gasteiger partial charge in [0.05, 0.1) is 12.2 Å². The first-order chi connectivity index (χ1) is 12.1. The van der Waals surface area contributed by atoms with Crippen molar-refractivity contribution in [2.75, 3.05) is 6.54 Å². The van der Waals surface area contributed by atoms with Crippen LogP contribution in [0.3, 0.4) is 0 Å². The van der Waals surface area contributed by atoms with Gasteiger partial charge in [0.25, 0.3) is 5.91 Å². The van der Waals surface area contributed by atoms with Crippen molar-refractivity contribution in [3.63, 3.8) is 0 Å². The molecule has 0 saturated carbocycles. The van der Waals surface area contributed by atoms with E-state index in [9.17, 15) is 4.79 Å². The Bertz CT molecular complexity index is 903. The van der Waals surface area contributed by atoms with Gasteiger partial charge in [-0.15, -0.1) is 11.3 Å². The Morgan fingerprint density at radius 1 is 1.28 bits per heavy atom. The summed E-state index contributed by atoms with van der Waals surface area (Å²) < 4.78 is 11.4. The van der Waals surface area contributed by atoms with Crippen LogP contribution in [0.2, 0.25) is 0 Å². The normalized spacial score (nSPS) is 15.7. The van der Waals surface area contributed by atoms with E-state index in [0.717, 1.165) is 22.9 Å². The van der Waals surface area contributed by atoms with Gasteiger partial charge in [0.2, 0.25) is 0 Å². The third-order valence-corrected chi connectivity index (χ3v) is 5.33. The topological polar surface area (TPSA) is 64.4 Å². The fourth-order valence-electron chi connectivity index (χ4n) is 2.92. The number of hydrogen-bond acceptors (Lipinski definition) is 5. The van der Waals surface area contributed by atoms with Crippen molar-refractivity contribution in [1.82, 2.24) is 10.3 Å². The molecule has 1 atom stereocenters. The predicted octanol–water partition coefficient (Wildman–Crippen LogP) is 3.75. The summed E-state index contributed by atoms with van der Waals surface area (Å²) in [7, 11) is 0. The molecule has 0 fully saturated rings. The van der Waals surface area contributed by atoms with Gasteiger partial charge in [0, 0.05) is 6.42 Å². The molecule has 2 aromatic heterocycles. The Morgan fingerprint density at radius 2 is 2.12 bits per heavy atom. The Morgan fingerprint density at radius 3 is 2.88 bits per heavy atom. The molecule has 0 saturated heterocycles. The minimum atomic E-state index is -0.121. The number of carbonyl (C=O) groups is 1. The molecule has 25 heavy (non-hydrogen) atoms. The molecular formula is C19H18N2O3S. The molecule has 1 amide bonds. The van der Waals surface area contributed by atoms with Crippen molar-refractivity contribution in [2.45, 2.75) is 26.4 Å². The van der Waals surface area contributed by atoms with Crippen molar-refractivity contribution >= 4 is 17.2 Å². The minimum Gasteiger partial charge on any atom is -0.488 e. The fourth-order valence-corrected chi connectivity index (χ4v) is 3.86. The molecule has 0 spiro atoms. The van der Waals surface area contributed by atoms with Gasteiger partial charge in [-0.05, 0) is 37.6 Å². The smallest absolute Gasteiger partial charge is 0.263 e. The van der Waals surface area contributed by atoms with E-state index in [0.29, 0.717) is 22.9 Å². The highest BCUT2D eigenvalue weighted by molar-refractivity contribution is 7.17. The van der Waals surface area contributed by atoms with Gasteiger partial charge in [-0.2, -0.15) is 0 Å². The van der Waals surface area contributed by atoms with Crippen LogP contribution in [-0.4, -0.2) is 23.5 Å². The van der Waals surface area contributed by atoms with Crippen LogP contribution in [0.15, 0.2) is 40.8 Å². The second-order valence-corrected chi connectivity index (χ2v) is 7.10. The molecule has 0 radical (unpaired) electrons. The highest BCUT2D eigenvalue weighted by Gasteiger charge is 2.24. The molecule has 128 valence electrons. The number of rotatable bonds is 4. The van der Waals surface area contributed by atoms with Crippen LogP contribution in [0.4, 0.5) is 0 Å². The minimum absolute atomic E-state index is 0.0261. The monoisotopic (exact) mass is 354 g/mol. The number of para-hydroxylation sites is 1. The van der Waals surface area contributed by atoms with Gasteiger partial charge in [-0.3, -0.25) is 4.79 Å². The molecule has 4 rings (SSSR count). The summed E-state index contributed by atoms with van der Waals surface area (Å²) in [4.78, 5) is 17.6. The van der Waals surface area contributed by atoms with Crippen LogP contribution < -0.4 is 10.1 Å². The maximum Gasteiger partial charge on any atom is 0.263 e. The molecule has 1 unspecified atom stereocenters. The van der Waals surface area contributed by atoms with E-state index in [4.69, 9.17) is 9.15 Å². The number of fused-ring (bicyclic) bond motifs is 1. The lowest BCUT2D eigenvalue weighted by Crippen LogP contribution is -2.34. The molecule has 1 aromatic carbocycles. The Labute approximate surface area is 149 Å². The van der Waals surface area contributed by atoms with Crippen LogP contribution >= 0.6 is 11.3 Å². The van der Waals surface area contributed by atoms with Crippen molar-refractivity contribution in [1.29, 1.82) is 0 Å². The number of furan rings is 1. The van der Waals surface area contributed by atoms with Gasteiger partial charge in [0.1, 0.15) is 22.5 Å². The molecule has 0 aliphatic carbocycles. The van der Waals surface area contributed by atoms with Crippen LogP contribution in [-0.2, 0) is 6.42 Å². The molecule has 3 aromatic rings. The maximum atomic E-state index is 12.5. The number of amides is 1. The van der Waals surface area contributed by atoms with E-state index < -0.39 is 0 Å². The van der Waals surface area contributed by atoms with E-state index in [-0.39, 0.29) is 12.0 Å². The number of nitrogens with one attached hydrogen (secondary N) is 1. The molecule has 3 heterocycles. The van der Waals surface area contributed by atoms with Gasteiger partial charge in [-0.1, -0.05) is 18.2 Å². The number of nitrogens with zero attached hydrogens (tertiary/aromatic N) is 1. The SMILES string of the molecule is Cc1ccc(-c2nc(C)c(C(=O)NCC3Cc4ccccc4O3)s2)o1. The zero-order valence-electron chi connectivity index (χ0n) is 14.0. The average Bonchev–Trinajstić information content (AvgIpc) is 3.30. The van der Waals surface area contributed by atoms with E-state index in [1.165, 1.54) is 16.9 Å². The van der Waals surface area contributed by atoms with Gasteiger partial charge < -0.3 is 14.5 Å². The quantitative estimate of drug-likeness (QED) is 0.775. The second-order valence-electron chi connectivity index (χ2n) is 6.11. The summed E-state index contributed by atoms with van der Waals surface area (Å²) in [5.41, 5.74) is 1.90. The Kier molecular flexibility index (Phi) is 4.05. The number of benzene rings is 1. The fraction of sp³-hybridized carbons (Fsp3) is 0.263. The summed E-state index contributed by atoms with van der Waals surface area (Å²) in [6, 6.07) is 11.7. The van der Waals surface area contributed by atoms with E-state index in [2.05, 4.69) is 16.4 Å². The molecule has 1 aliphatic rings. The average molecular weight is 354 g/mol. The molecule has 1 N–H and O–H groups in total. The zero-order valence-corrected chi connectivity index (χ0v) is 14.9. The number of thiazole rings is 1. The third kappa shape index (κ3) is 3.17. The van der Waals surface area contributed by atoms with Crippen LogP contribution in [0.1, 0.15) is 26.7 Å². The Balaban J connectivity index is 1.41. The predicted molar refractivity (Wildman–Crippen MR) is 96.2 cm³/mol. The summed E-state index contributed by atoms with van der Waals surface area (Å²) >= 11 is 1.35. The molecular weight excluding hydrogens is 336 g/mol. The van der Waals surface area contributed by atoms with Crippen molar-refractivity contribution in [3.05, 3.63) is 58.3 Å². The standard InChI is InChI=1S/C19H18N2O3S/c1-11-7-8-16(23-11)19-21-12(2)17(25-19)18(22)20-10-14-9-13-5-3-4-6-15(13)24-14/h3-8,14H,9-10H2,1-2H3,(H,20,22). The zero-order chi connectivity index (χ0) is 17.4. The van der Waals surface area contributed by atoms with Crippen LogP contribution in [0.5, 0.6) is 5.75 Å². The largest absolute Gasteiger partial charge is 0.488 e. The van der Waals surface area contributed by atoms with Crippen molar-refractivity contribution in [3.8, 4) is 16.5 Å². The number of aromatic nitrogens is 1. The van der Waals surface area contributed by atoms with Crippen LogP contribution in [0, 0.1) is 13.8 Å². The lowest BCUT2D eigenvalue weighted by atomic mass is 10.1. The Hall–Kier alpha value is -2.60. The first-order valence-corrected chi connectivity index (χ1v) is 8.99. The van der Waals surface area contributed by atoms with E-state index in [1.807, 2.05) is 44.2 Å². The summed E-state index contributed by atoms with van der Waals surface area (Å²) in [5.74, 6) is 2.31. The van der Waals surface area contributed by atoms with Crippen molar-refractivity contribution < 1.29 is 13.9 Å². The van der Waals surface area contributed by atoms with E-state index in [1.54, 1.807) is 0 Å². The third-order valence-electron chi connectivity index (χ3n) is 4.16. The summed E-state index contributed by atoms with van der Waals surface area (Å²) in [6.07, 6.45) is 0.788. The molecule has 0 bridgehead atoms. The first-order valence-electron chi connectivity index (χ1n) is 8.17. The molecule has 1 aliphatic heterocycles. The highest BCUT2D eigenvalue weighted by Crippen LogP contribution is 2.30. The number of ether oxygens (including phenoxy) is 1. The molecule has 5 nitrogen and oxygen atoms in total. The first kappa shape index (κ1) is 15.9. The number of carbonyl (C=O) groups excluding carboxylic acids is 1. The van der Waals surface area contributed by atoms with Crippen LogP contribution in [0.25, 0.3) is 10.8 Å². The lowest BCUT2D eigenvalue weighted by Gasteiger charge is -2.11. The van der Waals surface area contributed by atoms with E-state index >= 15 is 0 Å². The molecule has 6 heteroatoms. The number of aryl methyl sites for hydroxylation is 2. The second kappa shape index (κ2) is 6.37. The van der Waals surface area contributed by atoms with Gasteiger partial charge in [-0.25, -0.2) is 4.98 Å².